The Balaban J connectivity index is 1.71. The third kappa shape index (κ3) is 4.74. The van der Waals surface area contributed by atoms with Crippen molar-refractivity contribution in [3.8, 4) is 0 Å². The number of sulfonamides is 1. The molecule has 1 amide bonds. The molecule has 27 heavy (non-hydrogen) atoms. The number of carbonyl (C=O) groups excluding carboxylic acids is 1. The van der Waals surface area contributed by atoms with Crippen LogP contribution in [0.15, 0.2) is 53.4 Å². The third-order valence-corrected chi connectivity index (χ3v) is 6.36. The number of halogens is 2. The van der Waals surface area contributed by atoms with Crippen LogP contribution < -0.4 is 5.32 Å². The monoisotopic (exact) mass is 408 g/mol. The minimum atomic E-state index is -3.55. The van der Waals surface area contributed by atoms with Crippen LogP contribution in [0, 0.1) is 5.82 Å². The number of nitrogens with zero attached hydrogens (tertiary/aromatic N) is 1. The van der Waals surface area contributed by atoms with Gasteiger partial charge in [0.1, 0.15) is 5.82 Å². The lowest BCUT2D eigenvalue weighted by Gasteiger charge is -2.16. The van der Waals surface area contributed by atoms with Crippen LogP contribution in [0.3, 0.4) is 0 Å². The molecular weight excluding hydrogens is 391 g/mol. The molecule has 142 valence electrons. The fourth-order valence-electron chi connectivity index (χ4n) is 2.78. The Hall–Kier alpha value is -2.22. The van der Waals surface area contributed by atoms with E-state index in [1.165, 1.54) is 46.8 Å². The number of rotatable bonds is 5. The van der Waals surface area contributed by atoms with Crippen molar-refractivity contribution in [2.24, 2.45) is 0 Å². The van der Waals surface area contributed by atoms with Crippen LogP contribution in [-0.4, -0.2) is 31.7 Å². The summed E-state index contributed by atoms with van der Waals surface area (Å²) in [5.74, 6) is -0.972. The Morgan fingerprint density at radius 2 is 1.89 bits per heavy atom. The summed E-state index contributed by atoms with van der Waals surface area (Å²) >= 11 is 5.70. The largest absolute Gasteiger partial charge is 0.322 e. The topological polar surface area (TPSA) is 66.5 Å². The van der Waals surface area contributed by atoms with Gasteiger partial charge < -0.3 is 5.32 Å². The van der Waals surface area contributed by atoms with E-state index in [1.54, 1.807) is 12.1 Å². The molecule has 1 fully saturated rings. The molecule has 8 heteroatoms. The summed E-state index contributed by atoms with van der Waals surface area (Å²) in [6.07, 6.45) is 4.47. The lowest BCUT2D eigenvalue weighted by atomic mass is 10.2. The van der Waals surface area contributed by atoms with E-state index in [4.69, 9.17) is 11.6 Å². The summed E-state index contributed by atoms with van der Waals surface area (Å²) in [5.41, 5.74) is 0.948. The second-order valence-corrected chi connectivity index (χ2v) is 8.48. The first kappa shape index (κ1) is 19.5. The molecular formula is C19H18ClFN2O3S. The quantitative estimate of drug-likeness (QED) is 0.762. The van der Waals surface area contributed by atoms with Crippen molar-refractivity contribution < 1.29 is 17.6 Å². The van der Waals surface area contributed by atoms with Gasteiger partial charge in [-0.2, -0.15) is 4.31 Å². The van der Waals surface area contributed by atoms with E-state index in [0.29, 0.717) is 24.3 Å². The van der Waals surface area contributed by atoms with E-state index in [-0.39, 0.29) is 9.92 Å². The number of hydrogen-bond acceptors (Lipinski definition) is 3. The predicted molar refractivity (Wildman–Crippen MR) is 104 cm³/mol. The second kappa shape index (κ2) is 8.21. The molecule has 0 saturated carbocycles. The Morgan fingerprint density at radius 1 is 1.15 bits per heavy atom. The zero-order valence-electron chi connectivity index (χ0n) is 14.4. The first-order valence-electron chi connectivity index (χ1n) is 8.40. The van der Waals surface area contributed by atoms with Crippen molar-refractivity contribution in [3.05, 3.63) is 64.9 Å². The number of amides is 1. The summed E-state index contributed by atoms with van der Waals surface area (Å²) in [4.78, 5) is 12.2. The van der Waals surface area contributed by atoms with E-state index in [9.17, 15) is 17.6 Å². The molecule has 5 nitrogen and oxygen atoms in total. The van der Waals surface area contributed by atoms with Gasteiger partial charge in [0, 0.05) is 24.9 Å². The molecule has 0 radical (unpaired) electrons. The highest BCUT2D eigenvalue weighted by molar-refractivity contribution is 7.89. The summed E-state index contributed by atoms with van der Waals surface area (Å²) in [5, 5.41) is 2.60. The van der Waals surface area contributed by atoms with Crippen LogP contribution in [0.2, 0.25) is 5.02 Å². The summed E-state index contributed by atoms with van der Waals surface area (Å²) in [6, 6.07) is 10.3. The molecule has 1 saturated heterocycles. The average molecular weight is 409 g/mol. The molecule has 0 atom stereocenters. The first-order chi connectivity index (χ1) is 12.9. The normalized spacial score (nSPS) is 15.3. The number of carbonyl (C=O) groups is 1. The lowest BCUT2D eigenvalue weighted by molar-refractivity contribution is -0.111. The van der Waals surface area contributed by atoms with E-state index in [1.807, 2.05) is 0 Å². The van der Waals surface area contributed by atoms with Crippen LogP contribution in [-0.2, 0) is 14.8 Å². The second-order valence-electron chi connectivity index (χ2n) is 6.14. The third-order valence-electron chi connectivity index (χ3n) is 4.18. The molecule has 2 aromatic rings. The fraction of sp³-hybridized carbons (Fsp3) is 0.211. The molecule has 1 N–H and O–H groups in total. The Morgan fingerprint density at radius 3 is 2.59 bits per heavy atom. The molecule has 3 rings (SSSR count). The lowest BCUT2D eigenvalue weighted by Crippen LogP contribution is -2.27. The summed E-state index contributed by atoms with van der Waals surface area (Å²) in [6.45, 7) is 1.03. The standard InChI is InChI=1S/C19H18ClFN2O3S/c20-17-12-14(6-8-18(17)21)7-9-19(24)22-15-4-3-5-16(13-15)27(25,26)23-10-1-2-11-23/h3-9,12-13H,1-2,10-11H2,(H,22,24)/b9-7+. The Labute approximate surface area is 162 Å². The number of nitrogens with one attached hydrogen (secondary N) is 1. The van der Waals surface area contributed by atoms with Gasteiger partial charge in [0.15, 0.2) is 0 Å². The van der Waals surface area contributed by atoms with Crippen LogP contribution >= 0.6 is 11.6 Å². The van der Waals surface area contributed by atoms with Gasteiger partial charge in [0.05, 0.1) is 9.92 Å². The molecule has 1 aliphatic heterocycles. The fourth-order valence-corrected chi connectivity index (χ4v) is 4.54. The van der Waals surface area contributed by atoms with Gasteiger partial charge in [-0.25, -0.2) is 12.8 Å². The van der Waals surface area contributed by atoms with Crippen molar-refractivity contribution in [1.82, 2.24) is 4.31 Å². The van der Waals surface area contributed by atoms with E-state index < -0.39 is 21.7 Å². The van der Waals surface area contributed by atoms with Crippen LogP contribution in [0.1, 0.15) is 18.4 Å². The Bertz CT molecular complexity index is 986. The maximum absolute atomic E-state index is 13.1. The summed E-state index contributed by atoms with van der Waals surface area (Å²) < 4.78 is 39.8. The van der Waals surface area contributed by atoms with Crippen molar-refractivity contribution >= 4 is 39.3 Å². The predicted octanol–water partition coefficient (Wildman–Crippen LogP) is 3.92. The van der Waals surface area contributed by atoms with Gasteiger partial charge in [0.25, 0.3) is 0 Å². The van der Waals surface area contributed by atoms with E-state index in [0.717, 1.165) is 12.8 Å². The highest BCUT2D eigenvalue weighted by Crippen LogP contribution is 2.23. The summed E-state index contributed by atoms with van der Waals surface area (Å²) in [7, 11) is -3.55. The van der Waals surface area contributed by atoms with Gasteiger partial charge in [0.2, 0.25) is 15.9 Å². The molecule has 0 aliphatic carbocycles. The molecule has 0 bridgehead atoms. The smallest absolute Gasteiger partial charge is 0.248 e. The highest BCUT2D eigenvalue weighted by atomic mass is 35.5. The molecule has 2 aromatic carbocycles. The van der Waals surface area contributed by atoms with Gasteiger partial charge in [-0.05, 0) is 54.8 Å². The SMILES string of the molecule is O=C(/C=C/c1ccc(F)c(Cl)c1)Nc1cccc(S(=O)(=O)N2CCCC2)c1. The van der Waals surface area contributed by atoms with Gasteiger partial charge >= 0.3 is 0 Å². The van der Waals surface area contributed by atoms with Crippen LogP contribution in [0.25, 0.3) is 6.08 Å². The van der Waals surface area contributed by atoms with Gasteiger partial charge in [-0.3, -0.25) is 4.79 Å². The van der Waals surface area contributed by atoms with Crippen molar-refractivity contribution in [2.45, 2.75) is 17.7 Å². The zero-order valence-corrected chi connectivity index (χ0v) is 15.9. The maximum atomic E-state index is 13.1. The number of anilines is 1. The highest BCUT2D eigenvalue weighted by Gasteiger charge is 2.27. The van der Waals surface area contributed by atoms with E-state index in [2.05, 4.69) is 5.32 Å². The molecule has 0 spiro atoms. The first-order valence-corrected chi connectivity index (χ1v) is 10.2. The van der Waals surface area contributed by atoms with Gasteiger partial charge in [-0.1, -0.05) is 23.7 Å². The van der Waals surface area contributed by atoms with Crippen LogP contribution in [0.5, 0.6) is 0 Å². The number of hydrogen-bond donors (Lipinski definition) is 1. The van der Waals surface area contributed by atoms with Crippen molar-refractivity contribution in [1.29, 1.82) is 0 Å². The molecule has 0 aromatic heterocycles. The maximum Gasteiger partial charge on any atom is 0.248 e. The van der Waals surface area contributed by atoms with Crippen LogP contribution in [0.4, 0.5) is 10.1 Å². The molecule has 0 unspecified atom stereocenters. The Kier molecular flexibility index (Phi) is 5.94. The molecule has 1 aliphatic rings. The van der Waals surface area contributed by atoms with Crippen molar-refractivity contribution in [3.63, 3.8) is 0 Å². The zero-order chi connectivity index (χ0) is 19.4. The number of benzene rings is 2. The van der Waals surface area contributed by atoms with E-state index >= 15 is 0 Å². The average Bonchev–Trinajstić information content (AvgIpc) is 3.18. The van der Waals surface area contributed by atoms with Gasteiger partial charge in [-0.15, -0.1) is 0 Å². The minimum absolute atomic E-state index is 0.0302. The minimum Gasteiger partial charge on any atom is -0.322 e. The molecule has 1 heterocycles. The van der Waals surface area contributed by atoms with Crippen molar-refractivity contribution in [2.75, 3.05) is 18.4 Å².